The quantitative estimate of drug-likeness (QED) is 0.856. The molecule has 2 N–H and O–H groups in total. The van der Waals surface area contributed by atoms with Crippen LogP contribution < -0.4 is 10.9 Å². The first-order valence-corrected chi connectivity index (χ1v) is 9.11. The summed E-state index contributed by atoms with van der Waals surface area (Å²) in [6, 6.07) is 7.47. The van der Waals surface area contributed by atoms with E-state index in [1.54, 1.807) is 6.07 Å². The van der Waals surface area contributed by atoms with Gasteiger partial charge < -0.3 is 10.3 Å². The summed E-state index contributed by atoms with van der Waals surface area (Å²) < 4.78 is 0. The van der Waals surface area contributed by atoms with Crippen molar-refractivity contribution in [1.29, 1.82) is 0 Å². The maximum Gasteiger partial charge on any atom is 0.248 e. The summed E-state index contributed by atoms with van der Waals surface area (Å²) in [4.78, 5) is 27.0. The second-order valence-electron chi connectivity index (χ2n) is 6.93. The number of aryl methyl sites for hydroxylation is 1. The van der Waals surface area contributed by atoms with Crippen LogP contribution in [-0.4, -0.2) is 10.9 Å². The molecule has 0 bridgehead atoms. The van der Waals surface area contributed by atoms with Crippen molar-refractivity contribution in [2.24, 2.45) is 5.92 Å². The summed E-state index contributed by atoms with van der Waals surface area (Å²) in [5.41, 5.74) is 2.53. The SMILES string of the molecule is CCCc1cc(=O)[nH]c2cc(NC(=O)CC3CCCCC3)ccc12. The van der Waals surface area contributed by atoms with Crippen molar-refractivity contribution in [3.8, 4) is 0 Å². The molecular formula is C20H26N2O2. The first-order valence-electron chi connectivity index (χ1n) is 9.11. The Morgan fingerprint density at radius 2 is 2.00 bits per heavy atom. The van der Waals surface area contributed by atoms with E-state index in [9.17, 15) is 9.59 Å². The molecule has 1 saturated carbocycles. The molecule has 3 rings (SSSR count). The van der Waals surface area contributed by atoms with E-state index in [4.69, 9.17) is 0 Å². The molecule has 0 radical (unpaired) electrons. The molecule has 4 heteroatoms. The molecule has 1 aromatic heterocycles. The van der Waals surface area contributed by atoms with Gasteiger partial charge in [-0.3, -0.25) is 9.59 Å². The number of amides is 1. The molecule has 0 unspecified atom stereocenters. The van der Waals surface area contributed by atoms with Gasteiger partial charge in [-0.05, 0) is 42.9 Å². The van der Waals surface area contributed by atoms with Gasteiger partial charge >= 0.3 is 0 Å². The summed E-state index contributed by atoms with van der Waals surface area (Å²) in [6.45, 7) is 2.10. The number of benzene rings is 1. The average molecular weight is 326 g/mol. The molecule has 1 aromatic carbocycles. The Morgan fingerprint density at radius 1 is 1.21 bits per heavy atom. The fraction of sp³-hybridized carbons (Fsp3) is 0.500. The van der Waals surface area contributed by atoms with Crippen molar-refractivity contribution in [1.82, 2.24) is 4.98 Å². The average Bonchev–Trinajstić information content (AvgIpc) is 2.55. The Kier molecular flexibility index (Phi) is 5.34. The van der Waals surface area contributed by atoms with Crippen molar-refractivity contribution in [3.05, 3.63) is 40.2 Å². The fourth-order valence-electron chi connectivity index (χ4n) is 3.75. The van der Waals surface area contributed by atoms with Crippen LogP contribution >= 0.6 is 0 Å². The van der Waals surface area contributed by atoms with E-state index in [0.29, 0.717) is 12.3 Å². The maximum absolute atomic E-state index is 12.3. The van der Waals surface area contributed by atoms with Gasteiger partial charge in [-0.25, -0.2) is 0 Å². The first-order chi connectivity index (χ1) is 11.7. The van der Waals surface area contributed by atoms with E-state index < -0.39 is 0 Å². The Labute approximate surface area is 142 Å². The Balaban J connectivity index is 1.75. The van der Waals surface area contributed by atoms with Crippen molar-refractivity contribution in [2.75, 3.05) is 5.32 Å². The van der Waals surface area contributed by atoms with Gasteiger partial charge in [0.1, 0.15) is 0 Å². The van der Waals surface area contributed by atoms with Crippen LogP contribution in [0, 0.1) is 5.92 Å². The molecule has 24 heavy (non-hydrogen) atoms. The van der Waals surface area contributed by atoms with Gasteiger partial charge in [0.15, 0.2) is 0 Å². The summed E-state index contributed by atoms with van der Waals surface area (Å²) >= 11 is 0. The third-order valence-electron chi connectivity index (χ3n) is 4.93. The molecule has 1 aliphatic rings. The molecule has 1 aliphatic carbocycles. The highest BCUT2D eigenvalue weighted by Crippen LogP contribution is 2.27. The van der Waals surface area contributed by atoms with Gasteiger partial charge in [-0.2, -0.15) is 0 Å². The standard InChI is InChI=1S/C20H26N2O2/c1-2-6-15-12-20(24)22-18-13-16(9-10-17(15)18)21-19(23)11-14-7-4-3-5-8-14/h9-10,12-14H,2-8,11H2,1H3,(H,21,23)(H,22,24). The van der Waals surface area contributed by atoms with E-state index in [-0.39, 0.29) is 11.5 Å². The lowest BCUT2D eigenvalue weighted by Crippen LogP contribution is -2.18. The predicted molar refractivity (Wildman–Crippen MR) is 98.4 cm³/mol. The largest absolute Gasteiger partial charge is 0.326 e. The van der Waals surface area contributed by atoms with Crippen molar-refractivity contribution in [3.63, 3.8) is 0 Å². The Hall–Kier alpha value is -2.10. The van der Waals surface area contributed by atoms with Gasteiger partial charge in [0.25, 0.3) is 0 Å². The lowest BCUT2D eigenvalue weighted by molar-refractivity contribution is -0.117. The van der Waals surface area contributed by atoms with E-state index in [1.165, 1.54) is 32.1 Å². The van der Waals surface area contributed by atoms with Gasteiger partial charge in [0, 0.05) is 23.6 Å². The van der Waals surface area contributed by atoms with Gasteiger partial charge in [-0.15, -0.1) is 0 Å². The number of hydrogen-bond donors (Lipinski definition) is 2. The topological polar surface area (TPSA) is 62.0 Å². The lowest BCUT2D eigenvalue weighted by Gasteiger charge is -2.20. The molecule has 128 valence electrons. The lowest BCUT2D eigenvalue weighted by atomic mass is 9.87. The highest BCUT2D eigenvalue weighted by Gasteiger charge is 2.17. The van der Waals surface area contributed by atoms with E-state index >= 15 is 0 Å². The minimum atomic E-state index is -0.0865. The number of aromatic amines is 1. The number of anilines is 1. The van der Waals surface area contributed by atoms with Crippen molar-refractivity contribution >= 4 is 22.5 Å². The second kappa shape index (κ2) is 7.65. The number of carbonyl (C=O) groups is 1. The van der Waals surface area contributed by atoms with Crippen LogP contribution in [0.25, 0.3) is 10.9 Å². The highest BCUT2D eigenvalue weighted by molar-refractivity contribution is 5.94. The zero-order chi connectivity index (χ0) is 16.9. The summed E-state index contributed by atoms with van der Waals surface area (Å²) in [5.74, 6) is 0.600. The predicted octanol–water partition coefficient (Wildman–Crippen LogP) is 4.39. The van der Waals surface area contributed by atoms with Crippen LogP contribution in [0.2, 0.25) is 0 Å². The van der Waals surface area contributed by atoms with Gasteiger partial charge in [0.05, 0.1) is 5.52 Å². The van der Waals surface area contributed by atoms with Crippen molar-refractivity contribution in [2.45, 2.75) is 58.3 Å². The van der Waals surface area contributed by atoms with Crippen molar-refractivity contribution < 1.29 is 4.79 Å². The molecular weight excluding hydrogens is 300 g/mol. The molecule has 0 atom stereocenters. The summed E-state index contributed by atoms with van der Waals surface area (Å²) in [6.07, 6.45) is 8.61. The van der Waals surface area contributed by atoms with Crippen LogP contribution in [0.3, 0.4) is 0 Å². The molecule has 0 aliphatic heterocycles. The number of fused-ring (bicyclic) bond motifs is 1. The molecule has 0 saturated heterocycles. The van der Waals surface area contributed by atoms with Crippen LogP contribution in [0.4, 0.5) is 5.69 Å². The molecule has 1 heterocycles. The third-order valence-corrected chi connectivity index (χ3v) is 4.93. The third kappa shape index (κ3) is 4.05. The minimum Gasteiger partial charge on any atom is -0.326 e. The minimum absolute atomic E-state index is 0.0771. The molecule has 1 fully saturated rings. The zero-order valence-corrected chi connectivity index (χ0v) is 14.4. The molecule has 1 amide bonds. The van der Waals surface area contributed by atoms with Crippen LogP contribution in [0.15, 0.2) is 29.1 Å². The zero-order valence-electron chi connectivity index (χ0n) is 14.4. The maximum atomic E-state index is 12.3. The number of aromatic nitrogens is 1. The van der Waals surface area contributed by atoms with E-state index in [1.807, 2.05) is 18.2 Å². The Bertz CT molecular complexity index is 773. The number of nitrogens with one attached hydrogen (secondary N) is 2. The monoisotopic (exact) mass is 326 g/mol. The van der Waals surface area contributed by atoms with E-state index in [0.717, 1.165) is 35.0 Å². The first kappa shape index (κ1) is 16.7. The normalized spacial score (nSPS) is 15.5. The number of pyridine rings is 1. The Morgan fingerprint density at radius 3 is 2.75 bits per heavy atom. The second-order valence-corrected chi connectivity index (χ2v) is 6.93. The van der Waals surface area contributed by atoms with Crippen LogP contribution in [0.1, 0.15) is 57.4 Å². The highest BCUT2D eigenvalue weighted by atomic mass is 16.1. The van der Waals surface area contributed by atoms with Crippen LogP contribution in [-0.2, 0) is 11.2 Å². The van der Waals surface area contributed by atoms with Gasteiger partial charge in [0.2, 0.25) is 11.5 Å². The number of H-pyrrole nitrogens is 1. The van der Waals surface area contributed by atoms with E-state index in [2.05, 4.69) is 17.2 Å². The number of rotatable bonds is 5. The van der Waals surface area contributed by atoms with Gasteiger partial charge in [-0.1, -0.05) is 38.7 Å². The summed E-state index contributed by atoms with van der Waals surface area (Å²) in [7, 11) is 0. The molecule has 4 nitrogen and oxygen atoms in total. The smallest absolute Gasteiger partial charge is 0.248 e. The summed E-state index contributed by atoms with van der Waals surface area (Å²) in [5, 5.41) is 4.05. The number of hydrogen-bond acceptors (Lipinski definition) is 2. The molecule has 2 aromatic rings. The molecule has 0 spiro atoms. The number of carbonyl (C=O) groups excluding carboxylic acids is 1. The van der Waals surface area contributed by atoms with Crippen LogP contribution in [0.5, 0.6) is 0 Å². The fourth-order valence-corrected chi connectivity index (χ4v) is 3.75.